The second kappa shape index (κ2) is 10.0. The van der Waals surface area contributed by atoms with Gasteiger partial charge in [0, 0.05) is 14.2 Å². The van der Waals surface area contributed by atoms with Crippen LogP contribution >= 0.6 is 7.82 Å². The summed E-state index contributed by atoms with van der Waals surface area (Å²) in [5.74, 6) is 0. The van der Waals surface area contributed by atoms with Crippen molar-refractivity contribution in [3.8, 4) is 0 Å². The highest BCUT2D eigenvalue weighted by Crippen LogP contribution is 2.42. The first-order valence-corrected chi connectivity index (χ1v) is 10.0. The van der Waals surface area contributed by atoms with Gasteiger partial charge in [0.15, 0.2) is 0 Å². The quantitative estimate of drug-likeness (QED) is 0.328. The average molecular weight is 330 g/mol. The van der Waals surface area contributed by atoms with Crippen LogP contribution in [0.5, 0.6) is 0 Å². The SMILES string of the molecule is CCOP(=O)(O)OCC[N+](C)(C)CCC[SiH](OC)OC. The molecule has 9 heteroatoms. The lowest BCUT2D eigenvalue weighted by Crippen LogP contribution is -2.43. The van der Waals surface area contributed by atoms with E-state index >= 15 is 0 Å². The summed E-state index contributed by atoms with van der Waals surface area (Å²) in [6, 6.07) is 0.951. The molecule has 0 bridgehead atoms. The molecule has 0 aliphatic rings. The van der Waals surface area contributed by atoms with Gasteiger partial charge in [-0.05, 0) is 19.4 Å². The molecule has 0 saturated heterocycles. The zero-order chi connectivity index (χ0) is 15.6. The predicted molar refractivity (Wildman–Crippen MR) is 79.8 cm³/mol. The third-order valence-electron chi connectivity index (χ3n) is 2.97. The van der Waals surface area contributed by atoms with Crippen molar-refractivity contribution in [3.05, 3.63) is 0 Å². The summed E-state index contributed by atoms with van der Waals surface area (Å²) >= 11 is 0. The molecule has 0 aromatic rings. The zero-order valence-electron chi connectivity index (χ0n) is 13.2. The molecule has 0 rings (SSSR count). The summed E-state index contributed by atoms with van der Waals surface area (Å²) in [5.41, 5.74) is 0. The highest BCUT2D eigenvalue weighted by atomic mass is 31.2. The maximum absolute atomic E-state index is 11.4. The van der Waals surface area contributed by atoms with Gasteiger partial charge in [-0.1, -0.05) is 0 Å². The fourth-order valence-electron chi connectivity index (χ4n) is 1.73. The van der Waals surface area contributed by atoms with Gasteiger partial charge in [-0.3, -0.25) is 9.05 Å². The molecule has 7 nitrogen and oxygen atoms in total. The summed E-state index contributed by atoms with van der Waals surface area (Å²) in [6.45, 7) is 3.58. The molecule has 0 fully saturated rings. The van der Waals surface area contributed by atoms with E-state index < -0.39 is 17.1 Å². The first-order chi connectivity index (χ1) is 9.26. The van der Waals surface area contributed by atoms with E-state index in [4.69, 9.17) is 13.4 Å². The normalized spacial score (nSPS) is 15.6. The molecule has 1 N–H and O–H groups in total. The van der Waals surface area contributed by atoms with E-state index in [-0.39, 0.29) is 13.2 Å². The van der Waals surface area contributed by atoms with Crippen LogP contribution in [0, 0.1) is 0 Å². The molecule has 1 unspecified atom stereocenters. The van der Waals surface area contributed by atoms with Gasteiger partial charge in [0.25, 0.3) is 0 Å². The number of phosphoric acid groups is 1. The number of hydrogen-bond acceptors (Lipinski definition) is 5. The Labute approximate surface area is 123 Å². The summed E-state index contributed by atoms with van der Waals surface area (Å²) in [4.78, 5) is 9.30. The van der Waals surface area contributed by atoms with E-state index in [1.165, 1.54) is 0 Å². The lowest BCUT2D eigenvalue weighted by Gasteiger charge is -2.30. The van der Waals surface area contributed by atoms with E-state index in [2.05, 4.69) is 18.6 Å². The molecule has 0 aliphatic heterocycles. The minimum Gasteiger partial charge on any atom is -0.400 e. The standard InChI is InChI=1S/C11H28NO6PSi/c1-6-17-19(13,14)18-10-9-12(2,3)8-7-11-20(15-4)16-5/h20H,6-11H2,1-5H3/p+1. The Morgan fingerprint density at radius 1 is 1.15 bits per heavy atom. The van der Waals surface area contributed by atoms with E-state index in [1.807, 2.05) is 0 Å². The Morgan fingerprint density at radius 3 is 2.25 bits per heavy atom. The van der Waals surface area contributed by atoms with Crippen molar-refractivity contribution in [3.63, 3.8) is 0 Å². The highest BCUT2D eigenvalue weighted by Gasteiger charge is 2.23. The van der Waals surface area contributed by atoms with E-state index in [0.717, 1.165) is 19.0 Å². The van der Waals surface area contributed by atoms with Crippen molar-refractivity contribution in [2.24, 2.45) is 0 Å². The van der Waals surface area contributed by atoms with Crippen LogP contribution in [0.3, 0.4) is 0 Å². The van der Waals surface area contributed by atoms with Crippen molar-refractivity contribution in [1.29, 1.82) is 0 Å². The molecule has 0 aromatic heterocycles. The van der Waals surface area contributed by atoms with Gasteiger partial charge in [0.1, 0.15) is 13.2 Å². The van der Waals surface area contributed by atoms with Crippen LogP contribution in [0.4, 0.5) is 0 Å². The molecule has 0 heterocycles. The largest absolute Gasteiger partial charge is 0.472 e. The number of nitrogens with zero attached hydrogens (tertiary/aromatic N) is 1. The molecule has 0 radical (unpaired) electrons. The van der Waals surface area contributed by atoms with Crippen molar-refractivity contribution in [2.45, 2.75) is 19.4 Å². The third kappa shape index (κ3) is 10.0. The summed E-state index contributed by atoms with van der Waals surface area (Å²) < 4.78 is 32.1. The van der Waals surface area contributed by atoms with Crippen LogP contribution in [0.2, 0.25) is 6.04 Å². The summed E-state index contributed by atoms with van der Waals surface area (Å²) in [5, 5.41) is 0. The summed E-state index contributed by atoms with van der Waals surface area (Å²) in [6.07, 6.45) is 0.994. The van der Waals surface area contributed by atoms with Gasteiger partial charge in [-0.25, -0.2) is 4.57 Å². The van der Waals surface area contributed by atoms with Gasteiger partial charge in [0.2, 0.25) is 0 Å². The van der Waals surface area contributed by atoms with Crippen LogP contribution in [0.25, 0.3) is 0 Å². The fourth-order valence-corrected chi connectivity index (χ4v) is 3.63. The molecule has 0 aliphatic carbocycles. The fraction of sp³-hybridized carbons (Fsp3) is 1.00. The van der Waals surface area contributed by atoms with Gasteiger partial charge < -0.3 is 18.2 Å². The lowest BCUT2D eigenvalue weighted by molar-refractivity contribution is -0.890. The Morgan fingerprint density at radius 2 is 1.75 bits per heavy atom. The maximum atomic E-state index is 11.4. The molecule has 0 spiro atoms. The number of likely N-dealkylation sites (N-methyl/N-ethyl adjacent to an activating group) is 1. The van der Waals surface area contributed by atoms with Gasteiger partial charge in [-0.2, -0.15) is 0 Å². The second-order valence-corrected chi connectivity index (χ2v) is 8.98. The Balaban J connectivity index is 3.92. The van der Waals surface area contributed by atoms with Crippen molar-refractivity contribution in [2.75, 3.05) is 54.6 Å². The first kappa shape index (κ1) is 20.2. The van der Waals surface area contributed by atoms with Crippen LogP contribution in [-0.4, -0.2) is 73.3 Å². The third-order valence-corrected chi connectivity index (χ3v) is 6.00. The Kier molecular flexibility index (Phi) is 10.1. The van der Waals surface area contributed by atoms with Gasteiger partial charge in [-0.15, -0.1) is 0 Å². The number of rotatable bonds is 12. The van der Waals surface area contributed by atoms with Gasteiger partial charge in [0.05, 0.1) is 27.2 Å². The van der Waals surface area contributed by atoms with Gasteiger partial charge >= 0.3 is 17.1 Å². The average Bonchev–Trinajstić information content (AvgIpc) is 2.34. The van der Waals surface area contributed by atoms with Crippen molar-refractivity contribution in [1.82, 2.24) is 0 Å². The van der Waals surface area contributed by atoms with Crippen molar-refractivity contribution >= 4 is 17.1 Å². The number of quaternary nitrogens is 1. The second-order valence-electron chi connectivity index (χ2n) is 5.15. The minimum atomic E-state index is -3.87. The smallest absolute Gasteiger partial charge is 0.400 e. The zero-order valence-corrected chi connectivity index (χ0v) is 15.3. The molecule has 0 aromatic carbocycles. The molecule has 20 heavy (non-hydrogen) atoms. The molecule has 122 valence electrons. The molecule has 0 saturated carbocycles. The van der Waals surface area contributed by atoms with Crippen LogP contribution in [-0.2, 0) is 22.5 Å². The topological polar surface area (TPSA) is 74.2 Å². The van der Waals surface area contributed by atoms with E-state index in [0.29, 0.717) is 11.0 Å². The molecular weight excluding hydrogens is 301 g/mol. The lowest BCUT2D eigenvalue weighted by atomic mass is 10.4. The van der Waals surface area contributed by atoms with Crippen LogP contribution < -0.4 is 0 Å². The Hall–Kier alpha value is 0.207. The Bertz CT molecular complexity index is 301. The van der Waals surface area contributed by atoms with Crippen molar-refractivity contribution < 1.29 is 31.8 Å². The predicted octanol–water partition coefficient (Wildman–Crippen LogP) is 1.12. The van der Waals surface area contributed by atoms with Crippen LogP contribution in [0.1, 0.15) is 13.3 Å². The van der Waals surface area contributed by atoms with Crippen LogP contribution in [0.15, 0.2) is 0 Å². The minimum absolute atomic E-state index is 0.159. The molecule has 1 atom stereocenters. The molecular formula is C11H29NO6PSi+. The monoisotopic (exact) mass is 330 g/mol. The maximum Gasteiger partial charge on any atom is 0.472 e. The summed E-state index contributed by atoms with van der Waals surface area (Å²) in [7, 11) is 2.11. The highest BCUT2D eigenvalue weighted by molar-refractivity contribution is 7.47. The van der Waals surface area contributed by atoms with E-state index in [9.17, 15) is 9.46 Å². The van der Waals surface area contributed by atoms with E-state index in [1.54, 1.807) is 21.1 Å². The molecule has 0 amide bonds. The number of hydrogen-bond donors (Lipinski definition) is 1. The first-order valence-electron chi connectivity index (χ1n) is 6.76. The number of phosphoric ester groups is 1.